The lowest BCUT2D eigenvalue weighted by atomic mass is 10.1. The van der Waals surface area contributed by atoms with Crippen LogP contribution >= 0.6 is 0 Å². The van der Waals surface area contributed by atoms with Crippen molar-refractivity contribution in [2.45, 2.75) is 32.1 Å². The number of ether oxygens (including phenoxy) is 1. The molecule has 5 heteroatoms. The Labute approximate surface area is 150 Å². The molecule has 0 heterocycles. The van der Waals surface area contributed by atoms with Crippen molar-refractivity contribution >= 4 is 10.0 Å². The van der Waals surface area contributed by atoms with Crippen LogP contribution < -0.4 is 9.46 Å². The highest BCUT2D eigenvalue weighted by molar-refractivity contribution is 7.89. The van der Waals surface area contributed by atoms with Crippen LogP contribution in [0.5, 0.6) is 5.75 Å². The van der Waals surface area contributed by atoms with Crippen LogP contribution in [0.3, 0.4) is 0 Å². The highest BCUT2D eigenvalue weighted by Gasteiger charge is 2.12. The molecule has 0 amide bonds. The lowest BCUT2D eigenvalue weighted by Gasteiger charge is -2.10. The normalized spacial score (nSPS) is 13.6. The molecular formula is C20H25NO3S. The van der Waals surface area contributed by atoms with Gasteiger partial charge in [0.1, 0.15) is 12.4 Å². The summed E-state index contributed by atoms with van der Waals surface area (Å²) in [6, 6.07) is 16.1. The Morgan fingerprint density at radius 3 is 2.64 bits per heavy atom. The van der Waals surface area contributed by atoms with Crippen LogP contribution in [0, 0.1) is 0 Å². The molecule has 0 spiro atoms. The molecule has 0 bridgehead atoms. The van der Waals surface area contributed by atoms with E-state index >= 15 is 0 Å². The summed E-state index contributed by atoms with van der Waals surface area (Å²) in [7, 11) is -3.25. The van der Waals surface area contributed by atoms with Gasteiger partial charge in [-0.2, -0.15) is 0 Å². The maximum atomic E-state index is 12.0. The first-order valence-electron chi connectivity index (χ1n) is 8.88. The molecule has 0 saturated carbocycles. The molecule has 0 atom stereocenters. The minimum atomic E-state index is -3.25. The van der Waals surface area contributed by atoms with Crippen molar-refractivity contribution in [2.75, 3.05) is 18.9 Å². The van der Waals surface area contributed by atoms with Gasteiger partial charge in [-0.15, -0.1) is 0 Å². The maximum absolute atomic E-state index is 12.0. The number of fused-ring (bicyclic) bond motifs is 1. The molecule has 2 aromatic rings. The molecule has 0 unspecified atom stereocenters. The Bertz CT molecular complexity index is 788. The highest BCUT2D eigenvalue weighted by Crippen LogP contribution is 2.25. The van der Waals surface area contributed by atoms with E-state index in [2.05, 4.69) is 16.9 Å². The number of hydrogen-bond acceptors (Lipinski definition) is 3. The quantitative estimate of drug-likeness (QED) is 0.700. The van der Waals surface area contributed by atoms with Crippen molar-refractivity contribution in [1.29, 1.82) is 0 Å². The third-order valence-electron chi connectivity index (χ3n) is 4.48. The van der Waals surface area contributed by atoms with Crippen LogP contribution in [0.2, 0.25) is 0 Å². The monoisotopic (exact) mass is 359 g/mol. The van der Waals surface area contributed by atoms with Crippen LogP contribution in [0.15, 0.2) is 48.5 Å². The zero-order valence-corrected chi connectivity index (χ0v) is 15.2. The average molecular weight is 359 g/mol. The number of nitrogens with one attached hydrogen (secondary N) is 1. The fourth-order valence-electron chi connectivity index (χ4n) is 3.19. The molecule has 2 aromatic carbocycles. The summed E-state index contributed by atoms with van der Waals surface area (Å²) in [6.45, 7) is 0.640. The van der Waals surface area contributed by atoms with E-state index < -0.39 is 10.0 Å². The Balaban J connectivity index is 1.36. The van der Waals surface area contributed by atoms with Gasteiger partial charge >= 0.3 is 0 Å². The molecule has 1 N–H and O–H groups in total. The lowest BCUT2D eigenvalue weighted by Crippen LogP contribution is -2.30. The molecule has 134 valence electrons. The van der Waals surface area contributed by atoms with Crippen molar-refractivity contribution in [3.63, 3.8) is 0 Å². The zero-order chi connectivity index (χ0) is 17.5. The fraction of sp³-hybridized carbons (Fsp3) is 0.400. The number of hydrogen-bond donors (Lipinski definition) is 1. The van der Waals surface area contributed by atoms with Gasteiger partial charge < -0.3 is 4.74 Å². The first-order chi connectivity index (χ1) is 12.1. The van der Waals surface area contributed by atoms with Gasteiger partial charge in [0.05, 0.1) is 5.75 Å². The molecule has 0 radical (unpaired) electrons. The summed E-state index contributed by atoms with van der Waals surface area (Å²) in [5, 5.41) is 0. The Morgan fingerprint density at radius 1 is 1.00 bits per heavy atom. The molecule has 0 saturated heterocycles. The average Bonchev–Trinajstić information content (AvgIpc) is 3.07. The van der Waals surface area contributed by atoms with Crippen LogP contribution in [0.4, 0.5) is 0 Å². The molecular weight excluding hydrogens is 334 g/mol. The van der Waals surface area contributed by atoms with Gasteiger partial charge in [0, 0.05) is 6.54 Å². The number of rotatable bonds is 9. The van der Waals surface area contributed by atoms with Crippen molar-refractivity contribution in [2.24, 2.45) is 0 Å². The zero-order valence-electron chi connectivity index (χ0n) is 14.4. The standard InChI is InChI=1S/C20H25NO3S/c22-25(23,15-5-8-17-6-2-1-3-7-17)21-13-14-24-20-12-11-18-9-4-10-19(18)16-20/h1-3,6-7,11-12,16,21H,4-5,8-10,13-15H2. The van der Waals surface area contributed by atoms with E-state index in [9.17, 15) is 8.42 Å². The van der Waals surface area contributed by atoms with Gasteiger partial charge in [-0.3, -0.25) is 0 Å². The molecule has 0 aromatic heterocycles. The Hall–Kier alpha value is -1.85. The first-order valence-corrected chi connectivity index (χ1v) is 10.5. The lowest BCUT2D eigenvalue weighted by molar-refractivity contribution is 0.322. The minimum Gasteiger partial charge on any atom is -0.492 e. The van der Waals surface area contributed by atoms with Crippen molar-refractivity contribution < 1.29 is 13.2 Å². The van der Waals surface area contributed by atoms with Gasteiger partial charge in [0.15, 0.2) is 0 Å². The van der Waals surface area contributed by atoms with Crippen LogP contribution in [-0.2, 0) is 29.3 Å². The molecule has 4 nitrogen and oxygen atoms in total. The summed E-state index contributed by atoms with van der Waals surface area (Å²) in [6.07, 6.45) is 4.86. The third-order valence-corrected chi connectivity index (χ3v) is 5.95. The minimum absolute atomic E-state index is 0.140. The summed E-state index contributed by atoms with van der Waals surface area (Å²) in [5.41, 5.74) is 3.93. The second kappa shape index (κ2) is 8.50. The number of sulfonamides is 1. The van der Waals surface area contributed by atoms with Crippen LogP contribution in [0.1, 0.15) is 29.5 Å². The summed E-state index contributed by atoms with van der Waals surface area (Å²) < 4.78 is 32.3. The summed E-state index contributed by atoms with van der Waals surface area (Å²) in [4.78, 5) is 0. The van der Waals surface area contributed by atoms with Crippen LogP contribution in [-0.4, -0.2) is 27.3 Å². The molecule has 1 aliphatic rings. The molecule has 25 heavy (non-hydrogen) atoms. The largest absolute Gasteiger partial charge is 0.492 e. The van der Waals surface area contributed by atoms with Crippen molar-refractivity contribution in [1.82, 2.24) is 4.72 Å². The predicted octanol–water partition coefficient (Wildman–Crippen LogP) is 3.11. The van der Waals surface area contributed by atoms with Crippen LogP contribution in [0.25, 0.3) is 0 Å². The van der Waals surface area contributed by atoms with Gasteiger partial charge in [-0.05, 0) is 60.9 Å². The van der Waals surface area contributed by atoms with Gasteiger partial charge in [0.25, 0.3) is 0 Å². The molecule has 1 aliphatic carbocycles. The molecule has 0 aliphatic heterocycles. The Kier molecular flexibility index (Phi) is 6.10. The number of benzene rings is 2. The maximum Gasteiger partial charge on any atom is 0.211 e. The second-order valence-electron chi connectivity index (χ2n) is 6.43. The molecule has 3 rings (SSSR count). The van der Waals surface area contributed by atoms with E-state index in [4.69, 9.17) is 4.74 Å². The topological polar surface area (TPSA) is 55.4 Å². The van der Waals surface area contributed by atoms with Gasteiger partial charge in [0.2, 0.25) is 10.0 Å². The summed E-state index contributed by atoms with van der Waals surface area (Å²) >= 11 is 0. The first kappa shape index (κ1) is 18.0. The van der Waals surface area contributed by atoms with E-state index in [-0.39, 0.29) is 5.75 Å². The summed E-state index contributed by atoms with van der Waals surface area (Å²) in [5.74, 6) is 0.963. The second-order valence-corrected chi connectivity index (χ2v) is 8.36. The smallest absolute Gasteiger partial charge is 0.211 e. The van der Waals surface area contributed by atoms with E-state index in [1.54, 1.807) is 0 Å². The van der Waals surface area contributed by atoms with E-state index in [1.807, 2.05) is 36.4 Å². The third kappa shape index (κ3) is 5.58. The number of aryl methyl sites for hydroxylation is 3. The Morgan fingerprint density at radius 2 is 1.80 bits per heavy atom. The van der Waals surface area contributed by atoms with Gasteiger partial charge in [-0.25, -0.2) is 13.1 Å². The SMILES string of the molecule is O=S(=O)(CCCc1ccccc1)NCCOc1ccc2c(c1)CCC2. The van der Waals surface area contributed by atoms with Crippen molar-refractivity contribution in [3.05, 3.63) is 65.2 Å². The van der Waals surface area contributed by atoms with E-state index in [0.717, 1.165) is 30.6 Å². The predicted molar refractivity (Wildman–Crippen MR) is 101 cm³/mol. The van der Waals surface area contributed by atoms with Crippen molar-refractivity contribution in [3.8, 4) is 5.75 Å². The van der Waals surface area contributed by atoms with E-state index in [0.29, 0.717) is 19.6 Å². The fourth-order valence-corrected chi connectivity index (χ4v) is 4.25. The molecule has 0 fully saturated rings. The van der Waals surface area contributed by atoms with E-state index in [1.165, 1.54) is 17.5 Å². The highest BCUT2D eigenvalue weighted by atomic mass is 32.2. The van der Waals surface area contributed by atoms with Gasteiger partial charge in [-0.1, -0.05) is 36.4 Å².